The highest BCUT2D eigenvalue weighted by Gasteiger charge is 2.13. The fraction of sp³-hybridized carbons (Fsp3) is 0.0952. The third kappa shape index (κ3) is 4.21. The smallest absolute Gasteiger partial charge is 0.169 e. The molecule has 0 bridgehead atoms. The third-order valence-corrected chi connectivity index (χ3v) is 5.98. The van der Waals surface area contributed by atoms with E-state index in [1.165, 1.54) is 23.4 Å². The summed E-state index contributed by atoms with van der Waals surface area (Å²) in [5.74, 6) is 0.288. The molecular weight excluding hydrogens is 447 g/mol. The Morgan fingerprint density at radius 1 is 1.04 bits per heavy atom. The monoisotopic (exact) mass is 460 g/mol. The summed E-state index contributed by atoms with van der Waals surface area (Å²) in [6, 6.07) is 21.1. The molecule has 0 saturated carbocycles. The van der Waals surface area contributed by atoms with E-state index in [0.717, 1.165) is 20.7 Å². The molecule has 0 spiro atoms. The zero-order chi connectivity index (χ0) is 18.8. The van der Waals surface area contributed by atoms with Gasteiger partial charge in [0.15, 0.2) is 5.16 Å². The van der Waals surface area contributed by atoms with E-state index in [1.54, 1.807) is 6.07 Å². The molecule has 0 radical (unpaired) electrons. The Morgan fingerprint density at radius 2 is 1.85 bits per heavy atom. The summed E-state index contributed by atoms with van der Waals surface area (Å²) < 4.78 is 17.1. The van der Waals surface area contributed by atoms with E-state index < -0.39 is 0 Å². The molecule has 0 amide bonds. The molecule has 0 saturated heterocycles. The fourth-order valence-electron chi connectivity index (χ4n) is 2.89. The quantitative estimate of drug-likeness (QED) is 0.300. The summed E-state index contributed by atoms with van der Waals surface area (Å²) in [5, 5.41) is 1.50. The van der Waals surface area contributed by atoms with Crippen LogP contribution in [0, 0.1) is 5.82 Å². The molecule has 0 aliphatic carbocycles. The van der Waals surface area contributed by atoms with Gasteiger partial charge in [-0.25, -0.2) is 9.37 Å². The Morgan fingerprint density at radius 3 is 2.63 bits per heavy atom. The summed E-state index contributed by atoms with van der Waals surface area (Å²) in [6.45, 7) is 0.699. The van der Waals surface area contributed by atoms with Crippen LogP contribution in [0.25, 0.3) is 11.0 Å². The average molecular weight is 462 g/mol. The molecular formula is C21H15BrClFN2S. The van der Waals surface area contributed by atoms with Crippen LogP contribution < -0.4 is 0 Å². The highest BCUT2D eigenvalue weighted by atomic mass is 79.9. The summed E-state index contributed by atoms with van der Waals surface area (Å²) >= 11 is 11.0. The van der Waals surface area contributed by atoms with Crippen LogP contribution >= 0.6 is 39.3 Å². The normalized spacial score (nSPS) is 11.2. The second-order valence-electron chi connectivity index (χ2n) is 6.12. The van der Waals surface area contributed by atoms with E-state index in [2.05, 4.69) is 32.6 Å². The van der Waals surface area contributed by atoms with Crippen molar-refractivity contribution in [3.8, 4) is 0 Å². The van der Waals surface area contributed by atoms with Gasteiger partial charge in [0, 0.05) is 15.2 Å². The Labute approximate surface area is 174 Å². The maximum absolute atomic E-state index is 14.2. The molecule has 0 aliphatic rings. The van der Waals surface area contributed by atoms with Gasteiger partial charge >= 0.3 is 0 Å². The fourth-order valence-corrected chi connectivity index (χ4v) is 4.39. The number of fused-ring (bicyclic) bond motifs is 1. The van der Waals surface area contributed by atoms with Crippen molar-refractivity contribution in [2.24, 2.45) is 0 Å². The zero-order valence-electron chi connectivity index (χ0n) is 14.2. The minimum absolute atomic E-state index is 0.217. The Hall–Kier alpha value is -1.82. The van der Waals surface area contributed by atoms with Gasteiger partial charge in [-0.2, -0.15) is 0 Å². The predicted octanol–water partition coefficient (Wildman–Crippen LogP) is 6.93. The highest BCUT2D eigenvalue weighted by molar-refractivity contribution is 9.10. The van der Waals surface area contributed by atoms with Gasteiger partial charge in [-0.05, 0) is 41.5 Å². The van der Waals surface area contributed by atoms with Gasteiger partial charge in [0.25, 0.3) is 0 Å². The number of nitrogens with zero attached hydrogens (tertiary/aromatic N) is 2. The van der Waals surface area contributed by atoms with Gasteiger partial charge < -0.3 is 4.57 Å². The van der Waals surface area contributed by atoms with E-state index >= 15 is 0 Å². The number of hydrogen-bond acceptors (Lipinski definition) is 2. The van der Waals surface area contributed by atoms with E-state index in [9.17, 15) is 4.39 Å². The van der Waals surface area contributed by atoms with Crippen LogP contribution in [0.1, 0.15) is 11.1 Å². The van der Waals surface area contributed by atoms with Crippen LogP contribution in [0.5, 0.6) is 0 Å². The predicted molar refractivity (Wildman–Crippen MR) is 114 cm³/mol. The topological polar surface area (TPSA) is 17.8 Å². The molecule has 0 fully saturated rings. The standard InChI is InChI=1S/C21H15BrClFN2S/c22-16-7-6-15(18(24)10-16)13-27-21-25-19-11-17(23)8-9-20(19)26(21)12-14-4-2-1-3-5-14/h1-11H,12-13H2. The summed E-state index contributed by atoms with van der Waals surface area (Å²) in [7, 11) is 0. The molecule has 136 valence electrons. The molecule has 27 heavy (non-hydrogen) atoms. The lowest BCUT2D eigenvalue weighted by Crippen LogP contribution is -2.01. The number of thioether (sulfide) groups is 1. The van der Waals surface area contributed by atoms with Gasteiger partial charge in [-0.3, -0.25) is 0 Å². The van der Waals surface area contributed by atoms with E-state index in [1.807, 2.05) is 42.5 Å². The molecule has 0 N–H and O–H groups in total. The van der Waals surface area contributed by atoms with Gasteiger partial charge in [-0.1, -0.05) is 75.7 Å². The molecule has 0 aliphatic heterocycles. The number of aromatic nitrogens is 2. The van der Waals surface area contributed by atoms with Gasteiger partial charge in [0.05, 0.1) is 17.6 Å². The van der Waals surface area contributed by atoms with Gasteiger partial charge in [0.2, 0.25) is 0 Å². The minimum Gasteiger partial charge on any atom is -0.314 e. The van der Waals surface area contributed by atoms with Crippen molar-refractivity contribution in [2.75, 3.05) is 0 Å². The number of hydrogen-bond donors (Lipinski definition) is 0. The van der Waals surface area contributed by atoms with Crippen LogP contribution in [0.4, 0.5) is 4.39 Å². The number of rotatable bonds is 5. The van der Waals surface area contributed by atoms with Crippen molar-refractivity contribution in [2.45, 2.75) is 17.5 Å². The largest absolute Gasteiger partial charge is 0.314 e. The molecule has 1 heterocycles. The first-order valence-electron chi connectivity index (χ1n) is 8.36. The average Bonchev–Trinajstić information content (AvgIpc) is 2.98. The molecule has 3 aromatic carbocycles. The molecule has 4 aromatic rings. The second kappa shape index (κ2) is 8.05. The Balaban J connectivity index is 1.69. The Kier molecular flexibility index (Phi) is 5.53. The van der Waals surface area contributed by atoms with Crippen LogP contribution in [0.2, 0.25) is 5.02 Å². The first-order chi connectivity index (χ1) is 13.1. The lowest BCUT2D eigenvalue weighted by Gasteiger charge is -2.10. The summed E-state index contributed by atoms with van der Waals surface area (Å²) in [5.41, 5.74) is 3.70. The lowest BCUT2D eigenvalue weighted by atomic mass is 10.2. The number of halogens is 3. The highest BCUT2D eigenvalue weighted by Crippen LogP contribution is 2.30. The molecule has 1 aromatic heterocycles. The molecule has 6 heteroatoms. The van der Waals surface area contributed by atoms with Crippen molar-refractivity contribution >= 4 is 50.3 Å². The molecule has 0 atom stereocenters. The maximum atomic E-state index is 14.2. The van der Waals surface area contributed by atoms with E-state index in [4.69, 9.17) is 16.6 Å². The zero-order valence-corrected chi connectivity index (χ0v) is 17.4. The van der Waals surface area contributed by atoms with Crippen molar-refractivity contribution in [1.29, 1.82) is 0 Å². The first-order valence-corrected chi connectivity index (χ1v) is 10.5. The van der Waals surface area contributed by atoms with Crippen LogP contribution in [0.15, 0.2) is 76.4 Å². The first kappa shape index (κ1) is 18.5. The van der Waals surface area contributed by atoms with Gasteiger partial charge in [0.1, 0.15) is 5.82 Å². The van der Waals surface area contributed by atoms with E-state index in [-0.39, 0.29) is 5.82 Å². The number of benzene rings is 3. The molecule has 0 unspecified atom stereocenters. The van der Waals surface area contributed by atoms with Crippen LogP contribution in [0.3, 0.4) is 0 Å². The second-order valence-corrected chi connectivity index (χ2v) is 8.42. The van der Waals surface area contributed by atoms with E-state index in [0.29, 0.717) is 22.9 Å². The van der Waals surface area contributed by atoms with Crippen molar-refractivity contribution < 1.29 is 4.39 Å². The van der Waals surface area contributed by atoms with Gasteiger partial charge in [-0.15, -0.1) is 0 Å². The van der Waals surface area contributed by atoms with Crippen LogP contribution in [-0.2, 0) is 12.3 Å². The minimum atomic E-state index is -0.217. The van der Waals surface area contributed by atoms with Crippen molar-refractivity contribution in [3.05, 3.63) is 93.2 Å². The SMILES string of the molecule is Fc1cc(Br)ccc1CSc1nc2cc(Cl)ccc2n1Cc1ccccc1. The lowest BCUT2D eigenvalue weighted by molar-refractivity contribution is 0.616. The molecule has 2 nitrogen and oxygen atoms in total. The third-order valence-electron chi connectivity index (χ3n) is 4.23. The number of imidazole rings is 1. The summed E-state index contributed by atoms with van der Waals surface area (Å²) in [4.78, 5) is 4.74. The Bertz CT molecular complexity index is 1100. The summed E-state index contributed by atoms with van der Waals surface area (Å²) in [6.07, 6.45) is 0. The molecule has 4 rings (SSSR count). The van der Waals surface area contributed by atoms with Crippen molar-refractivity contribution in [1.82, 2.24) is 9.55 Å². The van der Waals surface area contributed by atoms with Crippen LogP contribution in [-0.4, -0.2) is 9.55 Å². The van der Waals surface area contributed by atoms with Crippen molar-refractivity contribution in [3.63, 3.8) is 0 Å². The maximum Gasteiger partial charge on any atom is 0.169 e.